The van der Waals surface area contributed by atoms with Crippen molar-refractivity contribution in [3.8, 4) is 0 Å². The molecule has 3 N–H and O–H groups in total. The normalized spacial score (nSPS) is 11.9. The zero-order valence-electron chi connectivity index (χ0n) is 10.9. The molecule has 0 bridgehead atoms. The van der Waals surface area contributed by atoms with E-state index >= 15 is 0 Å². The highest BCUT2D eigenvalue weighted by atomic mass is 32.1. The molecule has 0 radical (unpaired) electrons. The minimum Gasteiger partial charge on any atom is -0.387 e. The second-order valence-electron chi connectivity index (χ2n) is 4.32. The van der Waals surface area contributed by atoms with Crippen molar-refractivity contribution < 1.29 is 14.3 Å². The number of aryl methyl sites for hydroxylation is 1. The van der Waals surface area contributed by atoms with E-state index in [1.807, 2.05) is 19.1 Å². The van der Waals surface area contributed by atoms with Crippen LogP contribution in [0.25, 0.3) is 0 Å². The number of aliphatic hydroxyl groups excluding tert-OH is 1. The summed E-state index contributed by atoms with van der Waals surface area (Å²) < 4.78 is 13.0. The van der Waals surface area contributed by atoms with Gasteiger partial charge in [0.05, 0.1) is 11.1 Å². The monoisotopic (exact) mass is 294 g/mol. The first-order valence-electron chi connectivity index (χ1n) is 6.09. The van der Waals surface area contributed by atoms with Crippen molar-refractivity contribution in [3.63, 3.8) is 0 Å². The lowest BCUT2D eigenvalue weighted by molar-refractivity contribution is 0.174. The molecule has 0 saturated heterocycles. The molecule has 0 aliphatic heterocycles. The predicted octanol–water partition coefficient (Wildman–Crippen LogP) is 3.05. The second kappa shape index (κ2) is 6.49. The van der Waals surface area contributed by atoms with E-state index in [2.05, 4.69) is 10.6 Å². The molecule has 0 aliphatic rings. The summed E-state index contributed by atoms with van der Waals surface area (Å²) in [6.07, 6.45) is -0.943. The topological polar surface area (TPSA) is 61.4 Å². The van der Waals surface area contributed by atoms with Gasteiger partial charge in [-0.25, -0.2) is 9.18 Å². The number of carbonyl (C=O) groups excluding carboxylic acids is 1. The molecule has 6 heteroatoms. The highest BCUT2D eigenvalue weighted by Gasteiger charge is 2.10. The Kier molecular flexibility index (Phi) is 4.70. The molecule has 2 rings (SSSR count). The van der Waals surface area contributed by atoms with E-state index < -0.39 is 18.0 Å². The Bertz CT molecular complexity index is 600. The number of amides is 2. The van der Waals surface area contributed by atoms with Crippen LogP contribution in [0, 0.1) is 12.7 Å². The molecule has 20 heavy (non-hydrogen) atoms. The first-order valence-corrected chi connectivity index (χ1v) is 6.91. The predicted molar refractivity (Wildman–Crippen MR) is 77.4 cm³/mol. The molecule has 1 heterocycles. The van der Waals surface area contributed by atoms with Crippen molar-refractivity contribution >= 4 is 22.4 Å². The maximum Gasteiger partial charge on any atom is 0.319 e. The summed E-state index contributed by atoms with van der Waals surface area (Å²) in [5, 5.41) is 15.8. The Morgan fingerprint density at radius 3 is 2.85 bits per heavy atom. The Morgan fingerprint density at radius 1 is 1.40 bits per heavy atom. The van der Waals surface area contributed by atoms with Crippen molar-refractivity contribution in [2.24, 2.45) is 0 Å². The van der Waals surface area contributed by atoms with Gasteiger partial charge in [0.2, 0.25) is 0 Å². The number of rotatable bonds is 4. The van der Waals surface area contributed by atoms with Gasteiger partial charge in [0.15, 0.2) is 0 Å². The number of carbonyl (C=O) groups is 1. The van der Waals surface area contributed by atoms with Gasteiger partial charge in [0.1, 0.15) is 5.82 Å². The summed E-state index contributed by atoms with van der Waals surface area (Å²) in [4.78, 5) is 12.7. The van der Waals surface area contributed by atoms with Crippen molar-refractivity contribution in [1.82, 2.24) is 5.32 Å². The number of urea groups is 1. The third kappa shape index (κ3) is 4.04. The van der Waals surface area contributed by atoms with Crippen LogP contribution in [0.1, 0.15) is 16.5 Å². The molecule has 1 aromatic heterocycles. The van der Waals surface area contributed by atoms with E-state index in [-0.39, 0.29) is 6.54 Å². The van der Waals surface area contributed by atoms with Crippen molar-refractivity contribution in [2.75, 3.05) is 11.9 Å². The average Bonchev–Trinajstić information content (AvgIpc) is 2.81. The fourth-order valence-corrected chi connectivity index (χ4v) is 2.44. The number of hydrogen-bond acceptors (Lipinski definition) is 3. The number of hydrogen-bond donors (Lipinski definition) is 3. The van der Waals surface area contributed by atoms with Crippen LogP contribution in [0.3, 0.4) is 0 Å². The van der Waals surface area contributed by atoms with E-state index in [1.165, 1.54) is 29.5 Å². The maximum absolute atomic E-state index is 13.0. The second-order valence-corrected chi connectivity index (χ2v) is 5.60. The molecular formula is C14H15FN2O2S. The summed E-state index contributed by atoms with van der Waals surface area (Å²) in [7, 11) is 0. The van der Waals surface area contributed by atoms with Gasteiger partial charge >= 0.3 is 6.03 Å². The number of nitrogens with one attached hydrogen (secondary N) is 2. The number of thiophene rings is 1. The van der Waals surface area contributed by atoms with Crippen LogP contribution in [-0.2, 0) is 0 Å². The molecule has 2 aromatic rings. The lowest BCUT2D eigenvalue weighted by Gasteiger charge is -2.12. The van der Waals surface area contributed by atoms with Crippen LogP contribution in [-0.4, -0.2) is 17.7 Å². The molecule has 1 unspecified atom stereocenters. The number of anilines is 1. The van der Waals surface area contributed by atoms with Gasteiger partial charge in [0.25, 0.3) is 0 Å². The zero-order valence-corrected chi connectivity index (χ0v) is 11.7. The van der Waals surface area contributed by atoms with E-state index in [0.29, 0.717) is 5.56 Å². The summed E-state index contributed by atoms with van der Waals surface area (Å²) in [5.74, 6) is -0.417. The highest BCUT2D eigenvalue weighted by molar-refractivity contribution is 7.16. The Hall–Kier alpha value is -1.92. The molecule has 1 atom stereocenters. The lowest BCUT2D eigenvalue weighted by Crippen LogP contribution is -2.32. The number of halogens is 1. The van der Waals surface area contributed by atoms with Gasteiger partial charge in [-0.1, -0.05) is 12.1 Å². The molecule has 0 fully saturated rings. The van der Waals surface area contributed by atoms with Gasteiger partial charge in [-0.2, -0.15) is 0 Å². The molecule has 4 nitrogen and oxygen atoms in total. The van der Waals surface area contributed by atoms with Gasteiger partial charge in [-0.3, -0.25) is 5.32 Å². The summed E-state index contributed by atoms with van der Waals surface area (Å²) in [6.45, 7) is 1.96. The first kappa shape index (κ1) is 14.5. The van der Waals surface area contributed by atoms with Crippen LogP contribution in [0.2, 0.25) is 0 Å². The molecule has 0 saturated carbocycles. The minimum atomic E-state index is -0.943. The third-order valence-corrected chi connectivity index (χ3v) is 3.58. The smallest absolute Gasteiger partial charge is 0.319 e. The van der Waals surface area contributed by atoms with Crippen LogP contribution >= 0.6 is 11.3 Å². The first-order chi connectivity index (χ1) is 9.54. The number of benzene rings is 1. The van der Waals surface area contributed by atoms with Crippen LogP contribution in [0.4, 0.5) is 14.2 Å². The van der Waals surface area contributed by atoms with Gasteiger partial charge < -0.3 is 10.4 Å². The fourth-order valence-electron chi connectivity index (χ4n) is 1.68. The summed E-state index contributed by atoms with van der Waals surface area (Å²) in [6, 6.07) is 8.98. The van der Waals surface area contributed by atoms with E-state index in [1.54, 1.807) is 6.07 Å². The third-order valence-electron chi connectivity index (χ3n) is 2.67. The summed E-state index contributed by atoms with van der Waals surface area (Å²) in [5.41, 5.74) is 0.428. The fraction of sp³-hybridized carbons (Fsp3) is 0.214. The molecule has 0 aliphatic carbocycles. The average molecular weight is 294 g/mol. The van der Waals surface area contributed by atoms with Crippen molar-refractivity contribution in [3.05, 3.63) is 52.7 Å². The molecule has 0 spiro atoms. The van der Waals surface area contributed by atoms with Crippen LogP contribution < -0.4 is 10.6 Å². The van der Waals surface area contributed by atoms with Crippen LogP contribution in [0.15, 0.2) is 36.4 Å². The van der Waals surface area contributed by atoms with Gasteiger partial charge in [-0.15, -0.1) is 11.3 Å². The van der Waals surface area contributed by atoms with Gasteiger partial charge in [0, 0.05) is 11.4 Å². The van der Waals surface area contributed by atoms with Gasteiger partial charge in [-0.05, 0) is 36.8 Å². The highest BCUT2D eigenvalue weighted by Crippen LogP contribution is 2.20. The largest absolute Gasteiger partial charge is 0.387 e. The van der Waals surface area contributed by atoms with E-state index in [9.17, 15) is 14.3 Å². The molecular weight excluding hydrogens is 279 g/mol. The summed E-state index contributed by atoms with van der Waals surface area (Å²) >= 11 is 1.46. The lowest BCUT2D eigenvalue weighted by atomic mass is 10.1. The minimum absolute atomic E-state index is 0.0135. The number of aliphatic hydroxyl groups is 1. The van der Waals surface area contributed by atoms with Crippen LogP contribution in [0.5, 0.6) is 0 Å². The Morgan fingerprint density at radius 2 is 2.20 bits per heavy atom. The van der Waals surface area contributed by atoms with E-state index in [4.69, 9.17) is 0 Å². The van der Waals surface area contributed by atoms with E-state index in [0.717, 1.165) is 9.88 Å². The van der Waals surface area contributed by atoms with Crippen molar-refractivity contribution in [1.29, 1.82) is 0 Å². The Balaban J connectivity index is 1.84. The molecule has 1 aromatic carbocycles. The standard InChI is InChI=1S/C14H15FN2O2S/c1-9-5-6-13(20-9)17-14(19)16-8-12(18)10-3-2-4-11(15)7-10/h2-7,12,18H,8H2,1H3,(H2,16,17,19). The molecule has 106 valence electrons. The zero-order chi connectivity index (χ0) is 14.5. The Labute approximate surface area is 120 Å². The van der Waals surface area contributed by atoms with Crippen molar-refractivity contribution in [2.45, 2.75) is 13.0 Å². The SMILES string of the molecule is Cc1ccc(NC(=O)NCC(O)c2cccc(F)c2)s1. The maximum atomic E-state index is 13.0. The quantitative estimate of drug-likeness (QED) is 0.811. The molecule has 2 amide bonds.